The zero-order valence-electron chi connectivity index (χ0n) is 20.9. The fourth-order valence-corrected chi connectivity index (χ4v) is 5.91. The van der Waals surface area contributed by atoms with Gasteiger partial charge in [-0.25, -0.2) is 13.2 Å². The summed E-state index contributed by atoms with van der Waals surface area (Å²) in [5.74, 6) is -1.69. The summed E-state index contributed by atoms with van der Waals surface area (Å²) in [6.07, 6.45) is 2.94. The van der Waals surface area contributed by atoms with E-state index >= 15 is 0 Å². The fraction of sp³-hybridized carbons (Fsp3) is 0.423. The van der Waals surface area contributed by atoms with Gasteiger partial charge in [0.25, 0.3) is 0 Å². The van der Waals surface area contributed by atoms with Crippen LogP contribution in [0.25, 0.3) is 0 Å². The van der Waals surface area contributed by atoms with E-state index in [0.717, 1.165) is 5.56 Å². The Morgan fingerprint density at radius 1 is 1.05 bits per heavy atom. The molecular weight excluding hydrogens is 514 g/mol. The second-order valence-electron chi connectivity index (χ2n) is 9.06. The molecule has 0 bridgehead atoms. The summed E-state index contributed by atoms with van der Waals surface area (Å²) < 4.78 is 28.4. The normalized spacial score (nSPS) is 16.1. The Labute approximate surface area is 222 Å². The lowest BCUT2D eigenvalue weighted by atomic mass is 9.94. The van der Waals surface area contributed by atoms with E-state index in [1.165, 1.54) is 23.9 Å². The third-order valence-electron chi connectivity index (χ3n) is 6.38. The molecule has 0 spiro atoms. The van der Waals surface area contributed by atoms with Crippen LogP contribution in [0.5, 0.6) is 0 Å². The lowest BCUT2D eigenvalue weighted by Gasteiger charge is -2.34. The van der Waals surface area contributed by atoms with Crippen LogP contribution in [0.15, 0.2) is 59.5 Å². The Hall–Kier alpha value is -2.89. The molecule has 0 aromatic heterocycles. The number of nitrogens with one attached hydrogen (secondary N) is 2. The van der Waals surface area contributed by atoms with E-state index in [2.05, 4.69) is 10.0 Å². The predicted molar refractivity (Wildman–Crippen MR) is 143 cm³/mol. The van der Waals surface area contributed by atoms with Crippen LogP contribution >= 0.6 is 11.8 Å². The molecule has 2 aromatic rings. The first kappa shape index (κ1) is 28.7. The molecule has 1 aliphatic rings. The molecule has 3 N–H and O–H groups in total. The van der Waals surface area contributed by atoms with Crippen molar-refractivity contribution >= 4 is 39.6 Å². The number of carbonyl (C=O) groups excluding carboxylic acids is 2. The number of benzene rings is 2. The van der Waals surface area contributed by atoms with Crippen molar-refractivity contribution in [3.05, 3.63) is 65.7 Å². The quantitative estimate of drug-likeness (QED) is 0.394. The van der Waals surface area contributed by atoms with Crippen molar-refractivity contribution in [2.75, 3.05) is 25.1 Å². The van der Waals surface area contributed by atoms with Crippen LogP contribution in [0.1, 0.15) is 36.4 Å². The van der Waals surface area contributed by atoms with Gasteiger partial charge < -0.3 is 15.3 Å². The Balaban J connectivity index is 1.62. The molecule has 9 nitrogen and oxygen atoms in total. The number of aliphatic carboxylic acids is 1. The molecule has 2 amide bonds. The SMILES string of the molecule is CSCC[C@H](NS(=O)(=O)c1ccc(C)cc1)C(=O)N1CCC(C(=O)N[C@H](C(=O)O)c2ccccc2)CC1. The van der Waals surface area contributed by atoms with Gasteiger partial charge in [0.1, 0.15) is 6.04 Å². The van der Waals surface area contributed by atoms with E-state index in [0.29, 0.717) is 30.6 Å². The van der Waals surface area contributed by atoms with E-state index in [1.807, 2.05) is 13.2 Å². The predicted octanol–water partition coefficient (Wildman–Crippen LogP) is 2.58. The number of nitrogens with zero attached hydrogens (tertiary/aromatic N) is 1. The molecule has 11 heteroatoms. The number of hydrogen-bond donors (Lipinski definition) is 3. The van der Waals surface area contributed by atoms with Crippen molar-refractivity contribution in [3.63, 3.8) is 0 Å². The maximum atomic E-state index is 13.3. The number of carboxylic acid groups (broad SMARTS) is 1. The first-order valence-electron chi connectivity index (χ1n) is 12.1. The number of rotatable bonds is 11. The van der Waals surface area contributed by atoms with Gasteiger partial charge in [0.15, 0.2) is 6.04 Å². The maximum absolute atomic E-state index is 13.3. The minimum absolute atomic E-state index is 0.0989. The zero-order valence-corrected chi connectivity index (χ0v) is 22.6. The van der Waals surface area contributed by atoms with E-state index in [1.54, 1.807) is 47.4 Å². The average molecular weight is 548 g/mol. The van der Waals surface area contributed by atoms with Crippen molar-refractivity contribution in [1.82, 2.24) is 14.9 Å². The molecule has 3 rings (SSSR count). The largest absolute Gasteiger partial charge is 0.479 e. The first-order valence-corrected chi connectivity index (χ1v) is 14.9. The number of thioether (sulfide) groups is 1. The number of carbonyl (C=O) groups is 3. The lowest BCUT2D eigenvalue weighted by Crippen LogP contribution is -2.52. The number of sulfonamides is 1. The van der Waals surface area contributed by atoms with Crippen LogP contribution in [0.4, 0.5) is 0 Å². The van der Waals surface area contributed by atoms with Crippen LogP contribution < -0.4 is 10.0 Å². The number of carboxylic acids is 1. The van der Waals surface area contributed by atoms with Crippen LogP contribution in [-0.2, 0) is 24.4 Å². The van der Waals surface area contributed by atoms with Crippen molar-refractivity contribution in [3.8, 4) is 0 Å². The van der Waals surface area contributed by atoms with E-state index in [9.17, 15) is 27.9 Å². The molecule has 200 valence electrons. The van der Waals surface area contributed by atoms with E-state index in [-0.39, 0.29) is 29.8 Å². The molecule has 0 saturated carbocycles. The highest BCUT2D eigenvalue weighted by Crippen LogP contribution is 2.22. The molecule has 0 radical (unpaired) electrons. The fourth-order valence-electron chi connectivity index (χ4n) is 4.22. The molecule has 0 aliphatic carbocycles. The van der Waals surface area contributed by atoms with Crippen molar-refractivity contribution in [2.24, 2.45) is 5.92 Å². The highest BCUT2D eigenvalue weighted by Gasteiger charge is 2.34. The Bertz CT molecular complexity index is 1180. The summed E-state index contributed by atoms with van der Waals surface area (Å²) in [5, 5.41) is 12.2. The third-order valence-corrected chi connectivity index (χ3v) is 8.51. The molecule has 1 aliphatic heterocycles. The molecule has 1 fully saturated rings. The molecule has 37 heavy (non-hydrogen) atoms. The second-order valence-corrected chi connectivity index (χ2v) is 11.8. The minimum Gasteiger partial charge on any atom is -0.479 e. The third kappa shape index (κ3) is 7.80. The van der Waals surface area contributed by atoms with Gasteiger partial charge >= 0.3 is 5.97 Å². The minimum atomic E-state index is -3.89. The molecular formula is C26H33N3O6S2. The first-order chi connectivity index (χ1) is 17.6. The van der Waals surface area contributed by atoms with Gasteiger partial charge in [0.05, 0.1) is 4.90 Å². The number of likely N-dealkylation sites (tertiary alicyclic amines) is 1. The van der Waals surface area contributed by atoms with Gasteiger partial charge in [0, 0.05) is 19.0 Å². The zero-order chi connectivity index (χ0) is 27.0. The van der Waals surface area contributed by atoms with E-state index < -0.39 is 34.0 Å². The highest BCUT2D eigenvalue weighted by atomic mass is 32.2. The number of piperidine rings is 1. The monoisotopic (exact) mass is 547 g/mol. The molecule has 1 heterocycles. The van der Waals surface area contributed by atoms with Crippen LogP contribution in [-0.4, -0.2) is 67.3 Å². The maximum Gasteiger partial charge on any atom is 0.330 e. The molecule has 2 aromatic carbocycles. The summed E-state index contributed by atoms with van der Waals surface area (Å²) in [7, 11) is -3.89. The van der Waals surface area contributed by atoms with Gasteiger partial charge in [-0.3, -0.25) is 9.59 Å². The Morgan fingerprint density at radius 2 is 1.68 bits per heavy atom. The lowest BCUT2D eigenvalue weighted by molar-refractivity contribution is -0.143. The van der Waals surface area contributed by atoms with Gasteiger partial charge in [-0.15, -0.1) is 0 Å². The summed E-state index contributed by atoms with van der Waals surface area (Å²) in [6, 6.07) is 12.8. The topological polar surface area (TPSA) is 133 Å². The van der Waals surface area contributed by atoms with Gasteiger partial charge in [0.2, 0.25) is 21.8 Å². The average Bonchev–Trinajstić information content (AvgIpc) is 2.89. The van der Waals surface area contributed by atoms with Gasteiger partial charge in [-0.05, 0) is 55.9 Å². The van der Waals surface area contributed by atoms with Crippen LogP contribution in [0.3, 0.4) is 0 Å². The standard InChI is InChI=1S/C26H33N3O6S2/c1-18-8-10-21(11-9-18)37(34,35)28-22(14-17-36-2)25(31)29-15-12-20(13-16-29)24(30)27-23(26(32)33)19-6-4-3-5-7-19/h3-11,20,22-23,28H,12-17H2,1-2H3,(H,27,30)(H,32,33)/t22-,23-/m0/s1. The van der Waals surface area contributed by atoms with Crippen LogP contribution in [0.2, 0.25) is 0 Å². The van der Waals surface area contributed by atoms with Crippen molar-refractivity contribution in [1.29, 1.82) is 0 Å². The smallest absolute Gasteiger partial charge is 0.330 e. The summed E-state index contributed by atoms with van der Waals surface area (Å²) >= 11 is 1.52. The second kappa shape index (κ2) is 13.1. The van der Waals surface area contributed by atoms with E-state index in [4.69, 9.17) is 0 Å². The highest BCUT2D eigenvalue weighted by molar-refractivity contribution is 7.98. The molecule has 2 atom stereocenters. The summed E-state index contributed by atoms with van der Waals surface area (Å²) in [4.78, 5) is 39.6. The van der Waals surface area contributed by atoms with Crippen LogP contribution in [0, 0.1) is 12.8 Å². The molecule has 1 saturated heterocycles. The number of amides is 2. The van der Waals surface area contributed by atoms with Gasteiger partial charge in [-0.1, -0.05) is 48.0 Å². The number of hydrogen-bond acceptors (Lipinski definition) is 6. The number of aryl methyl sites for hydroxylation is 1. The Morgan fingerprint density at radius 3 is 2.24 bits per heavy atom. The summed E-state index contributed by atoms with van der Waals surface area (Å²) in [6.45, 7) is 2.42. The van der Waals surface area contributed by atoms with Gasteiger partial charge in [-0.2, -0.15) is 16.5 Å². The summed E-state index contributed by atoms with van der Waals surface area (Å²) in [5.41, 5.74) is 1.41. The Kier molecular flexibility index (Phi) is 10.1. The molecule has 0 unspecified atom stereocenters. The van der Waals surface area contributed by atoms with Crippen molar-refractivity contribution < 1.29 is 27.9 Å². The van der Waals surface area contributed by atoms with Crippen molar-refractivity contribution in [2.45, 2.75) is 43.2 Å².